The largest absolute Gasteiger partial charge is 0.454 e. The minimum Gasteiger partial charge on any atom is -0.454 e. The predicted octanol–water partition coefficient (Wildman–Crippen LogP) is 4.85. The van der Waals surface area contributed by atoms with Gasteiger partial charge >= 0.3 is 0 Å². The van der Waals surface area contributed by atoms with Crippen LogP contribution in [0.1, 0.15) is 10.4 Å². The number of benzene rings is 2. The Bertz CT molecular complexity index is 602. The molecule has 2 rings (SSSR count). The molecule has 0 saturated heterocycles. The molecule has 5 heteroatoms. The van der Waals surface area contributed by atoms with Gasteiger partial charge in [-0.1, -0.05) is 27.5 Å². The average molecular weight is 330 g/mol. The maximum atomic E-state index is 13.5. The topological polar surface area (TPSA) is 26.3 Å². The molecule has 0 heterocycles. The Morgan fingerprint density at radius 2 is 2.00 bits per heavy atom. The van der Waals surface area contributed by atoms with Crippen molar-refractivity contribution in [2.24, 2.45) is 0 Å². The van der Waals surface area contributed by atoms with Crippen molar-refractivity contribution in [3.05, 3.63) is 57.3 Å². The number of hydrogen-bond donors (Lipinski definition) is 0. The SMILES string of the molecule is O=Cc1ccc(Oc2cc(Br)ccc2F)cc1Cl. The molecule has 2 aromatic carbocycles. The third kappa shape index (κ3) is 2.89. The predicted molar refractivity (Wildman–Crippen MR) is 71.0 cm³/mol. The van der Waals surface area contributed by atoms with Crippen molar-refractivity contribution < 1.29 is 13.9 Å². The van der Waals surface area contributed by atoms with Crippen LogP contribution in [0.3, 0.4) is 0 Å². The molecule has 0 aromatic heterocycles. The van der Waals surface area contributed by atoms with Gasteiger partial charge in [0.1, 0.15) is 5.75 Å². The summed E-state index contributed by atoms with van der Waals surface area (Å²) in [6.07, 6.45) is 0.645. The molecule has 2 nitrogen and oxygen atoms in total. The lowest BCUT2D eigenvalue weighted by Gasteiger charge is -2.08. The molecule has 0 spiro atoms. The zero-order chi connectivity index (χ0) is 13.1. The van der Waals surface area contributed by atoms with Crippen LogP contribution in [0.2, 0.25) is 5.02 Å². The molecule has 0 unspecified atom stereocenters. The van der Waals surface area contributed by atoms with Gasteiger partial charge < -0.3 is 4.74 Å². The van der Waals surface area contributed by atoms with E-state index in [4.69, 9.17) is 16.3 Å². The zero-order valence-corrected chi connectivity index (χ0v) is 11.3. The Balaban J connectivity index is 2.31. The van der Waals surface area contributed by atoms with E-state index in [1.165, 1.54) is 24.3 Å². The van der Waals surface area contributed by atoms with Crippen molar-refractivity contribution in [2.45, 2.75) is 0 Å². The summed E-state index contributed by atoms with van der Waals surface area (Å²) in [5, 5.41) is 0.262. The van der Waals surface area contributed by atoms with Crippen LogP contribution < -0.4 is 4.74 Å². The number of hydrogen-bond acceptors (Lipinski definition) is 2. The van der Waals surface area contributed by atoms with Crippen LogP contribution in [-0.4, -0.2) is 6.29 Å². The van der Waals surface area contributed by atoms with E-state index in [1.807, 2.05) is 0 Å². The highest BCUT2D eigenvalue weighted by molar-refractivity contribution is 9.10. The molecular weight excluding hydrogens is 322 g/mol. The number of carbonyl (C=O) groups is 1. The number of halogens is 3. The lowest BCUT2D eigenvalue weighted by molar-refractivity contribution is 0.112. The number of rotatable bonds is 3. The van der Waals surface area contributed by atoms with Crippen LogP contribution in [0, 0.1) is 5.82 Å². The third-order valence-corrected chi connectivity index (χ3v) is 3.04. The second-order valence-electron chi connectivity index (χ2n) is 3.48. The highest BCUT2D eigenvalue weighted by Crippen LogP contribution is 2.29. The van der Waals surface area contributed by atoms with Gasteiger partial charge in [-0.05, 0) is 30.3 Å². The van der Waals surface area contributed by atoms with E-state index in [-0.39, 0.29) is 10.8 Å². The van der Waals surface area contributed by atoms with Gasteiger partial charge in [0, 0.05) is 16.1 Å². The summed E-state index contributed by atoms with van der Waals surface area (Å²) >= 11 is 9.08. The third-order valence-electron chi connectivity index (χ3n) is 2.22. The minimum absolute atomic E-state index is 0.0827. The van der Waals surface area contributed by atoms with Gasteiger partial charge in [0.05, 0.1) is 5.02 Å². The first-order valence-electron chi connectivity index (χ1n) is 4.98. The fourth-order valence-corrected chi connectivity index (χ4v) is 1.90. The van der Waals surface area contributed by atoms with Crippen molar-refractivity contribution >= 4 is 33.8 Å². The first-order valence-corrected chi connectivity index (χ1v) is 6.15. The molecule has 0 aliphatic rings. The second-order valence-corrected chi connectivity index (χ2v) is 4.80. The molecule has 0 saturated carbocycles. The molecule has 92 valence electrons. The Hall–Kier alpha value is -1.39. The average Bonchev–Trinajstić information content (AvgIpc) is 2.34. The van der Waals surface area contributed by atoms with E-state index in [0.717, 1.165) is 0 Å². The molecule has 2 aromatic rings. The summed E-state index contributed by atoms with van der Waals surface area (Å²) in [7, 11) is 0. The molecular formula is C13H7BrClFO2. The standard InChI is InChI=1S/C13H7BrClFO2/c14-9-2-4-12(16)13(5-9)18-10-3-1-8(7-17)11(15)6-10/h1-7H. The van der Waals surface area contributed by atoms with Gasteiger partial charge in [0.15, 0.2) is 17.9 Å². The second kappa shape index (κ2) is 5.50. The smallest absolute Gasteiger partial charge is 0.165 e. The molecule has 18 heavy (non-hydrogen) atoms. The maximum absolute atomic E-state index is 13.5. The Labute approximate surface area is 116 Å². The fraction of sp³-hybridized carbons (Fsp3) is 0. The Morgan fingerprint density at radius 1 is 1.22 bits per heavy atom. The first kappa shape index (κ1) is 13.1. The maximum Gasteiger partial charge on any atom is 0.165 e. The number of carbonyl (C=O) groups excluding carboxylic acids is 1. The van der Waals surface area contributed by atoms with E-state index in [0.29, 0.717) is 22.1 Å². The molecule has 0 aliphatic heterocycles. The lowest BCUT2D eigenvalue weighted by atomic mass is 10.2. The molecule has 0 radical (unpaired) electrons. The van der Waals surface area contributed by atoms with Gasteiger partial charge in [0.25, 0.3) is 0 Å². The van der Waals surface area contributed by atoms with Crippen LogP contribution in [-0.2, 0) is 0 Å². The highest BCUT2D eigenvalue weighted by atomic mass is 79.9. The van der Waals surface area contributed by atoms with E-state index in [1.54, 1.807) is 12.1 Å². The summed E-state index contributed by atoms with van der Waals surface area (Å²) in [5.41, 5.74) is 0.360. The normalized spacial score (nSPS) is 10.2. The summed E-state index contributed by atoms with van der Waals surface area (Å²) in [5.74, 6) is -0.0318. The monoisotopic (exact) mass is 328 g/mol. The summed E-state index contributed by atoms with van der Waals surface area (Å²) in [6.45, 7) is 0. The Kier molecular flexibility index (Phi) is 3.99. The van der Waals surface area contributed by atoms with E-state index in [2.05, 4.69) is 15.9 Å². The van der Waals surface area contributed by atoms with Crippen molar-refractivity contribution in [2.75, 3.05) is 0 Å². The molecule has 0 amide bonds. The van der Waals surface area contributed by atoms with Gasteiger partial charge in [0.2, 0.25) is 0 Å². The molecule has 0 fully saturated rings. The molecule has 0 N–H and O–H groups in total. The Morgan fingerprint density at radius 3 is 2.67 bits per heavy atom. The van der Waals surface area contributed by atoms with E-state index in [9.17, 15) is 9.18 Å². The lowest BCUT2D eigenvalue weighted by Crippen LogP contribution is -1.90. The fourth-order valence-electron chi connectivity index (χ4n) is 1.35. The van der Waals surface area contributed by atoms with E-state index >= 15 is 0 Å². The zero-order valence-electron chi connectivity index (χ0n) is 8.99. The van der Waals surface area contributed by atoms with Gasteiger partial charge in [-0.2, -0.15) is 0 Å². The van der Waals surface area contributed by atoms with Gasteiger partial charge in [-0.3, -0.25) is 4.79 Å². The van der Waals surface area contributed by atoms with Crippen molar-refractivity contribution in [3.63, 3.8) is 0 Å². The van der Waals surface area contributed by atoms with Crippen LogP contribution in [0.4, 0.5) is 4.39 Å². The summed E-state index contributed by atoms with van der Waals surface area (Å²) in [6, 6.07) is 8.91. The molecule has 0 bridgehead atoms. The van der Waals surface area contributed by atoms with Crippen LogP contribution in [0.15, 0.2) is 40.9 Å². The summed E-state index contributed by atoms with van der Waals surface area (Å²) in [4.78, 5) is 10.6. The molecule has 0 atom stereocenters. The number of ether oxygens (including phenoxy) is 1. The minimum atomic E-state index is -0.478. The van der Waals surface area contributed by atoms with Crippen LogP contribution in [0.5, 0.6) is 11.5 Å². The highest BCUT2D eigenvalue weighted by Gasteiger charge is 2.07. The molecule has 0 aliphatic carbocycles. The van der Waals surface area contributed by atoms with Crippen LogP contribution >= 0.6 is 27.5 Å². The first-order chi connectivity index (χ1) is 8.60. The van der Waals surface area contributed by atoms with Crippen LogP contribution in [0.25, 0.3) is 0 Å². The number of aldehydes is 1. The summed E-state index contributed by atoms with van der Waals surface area (Å²) < 4.78 is 19.5. The van der Waals surface area contributed by atoms with Crippen molar-refractivity contribution in [1.82, 2.24) is 0 Å². The van der Waals surface area contributed by atoms with Crippen molar-refractivity contribution in [1.29, 1.82) is 0 Å². The van der Waals surface area contributed by atoms with Crippen molar-refractivity contribution in [3.8, 4) is 11.5 Å². The van der Waals surface area contributed by atoms with Gasteiger partial charge in [-0.25, -0.2) is 4.39 Å². The van der Waals surface area contributed by atoms with E-state index < -0.39 is 5.82 Å². The quantitative estimate of drug-likeness (QED) is 0.753. The van der Waals surface area contributed by atoms with Gasteiger partial charge in [-0.15, -0.1) is 0 Å².